The third kappa shape index (κ3) is 5.60. The van der Waals surface area contributed by atoms with E-state index in [1.807, 2.05) is 31.2 Å². The molecule has 110 valence electrons. The molecular weight excluding hydrogens is 252 g/mol. The Balaban J connectivity index is 2.50. The van der Waals surface area contributed by atoms with Crippen molar-refractivity contribution in [2.24, 2.45) is 0 Å². The fraction of sp³-hybridized carbons (Fsp3) is 0.562. The van der Waals surface area contributed by atoms with Gasteiger partial charge in [-0.2, -0.15) is 5.26 Å². The van der Waals surface area contributed by atoms with Crippen LogP contribution >= 0.6 is 0 Å². The number of nitrogens with one attached hydrogen (secondary N) is 1. The van der Waals surface area contributed by atoms with Crippen LogP contribution < -0.4 is 10.1 Å². The van der Waals surface area contributed by atoms with Crippen LogP contribution in [0.1, 0.15) is 25.8 Å². The van der Waals surface area contributed by atoms with Crippen LogP contribution in [0.15, 0.2) is 24.3 Å². The molecule has 0 saturated heterocycles. The fourth-order valence-corrected chi connectivity index (χ4v) is 1.72. The third-order valence-electron chi connectivity index (χ3n) is 3.06. The molecule has 0 aromatic heterocycles. The van der Waals surface area contributed by atoms with Crippen LogP contribution in [0, 0.1) is 11.3 Å². The highest BCUT2D eigenvalue weighted by molar-refractivity contribution is 5.27. The van der Waals surface area contributed by atoms with Gasteiger partial charge in [0.2, 0.25) is 0 Å². The Hall–Kier alpha value is -1.57. The second-order valence-electron chi connectivity index (χ2n) is 5.05. The van der Waals surface area contributed by atoms with Gasteiger partial charge in [-0.1, -0.05) is 19.1 Å². The first-order valence-electron chi connectivity index (χ1n) is 7.00. The Morgan fingerprint density at radius 3 is 2.55 bits per heavy atom. The lowest BCUT2D eigenvalue weighted by Gasteiger charge is -2.23. The molecule has 1 unspecified atom stereocenters. The number of rotatable bonds is 9. The molecule has 1 atom stereocenters. The van der Waals surface area contributed by atoms with Gasteiger partial charge in [0.05, 0.1) is 12.7 Å². The van der Waals surface area contributed by atoms with Gasteiger partial charge < -0.3 is 9.47 Å². The third-order valence-corrected chi connectivity index (χ3v) is 3.06. The molecule has 0 radical (unpaired) electrons. The Morgan fingerprint density at radius 1 is 1.30 bits per heavy atom. The number of nitrogens with zero attached hydrogens (tertiary/aromatic N) is 1. The smallest absolute Gasteiger partial charge is 0.138 e. The molecular formula is C16H24N2O2. The van der Waals surface area contributed by atoms with Crippen molar-refractivity contribution in [2.75, 3.05) is 26.9 Å². The first-order chi connectivity index (χ1) is 9.63. The Morgan fingerprint density at radius 2 is 2.00 bits per heavy atom. The summed E-state index contributed by atoms with van der Waals surface area (Å²) in [6.45, 7) is 5.79. The summed E-state index contributed by atoms with van der Waals surface area (Å²) in [5.41, 5.74) is 0.566. The zero-order valence-electron chi connectivity index (χ0n) is 12.6. The van der Waals surface area contributed by atoms with E-state index >= 15 is 0 Å². The van der Waals surface area contributed by atoms with E-state index in [1.54, 1.807) is 7.11 Å². The summed E-state index contributed by atoms with van der Waals surface area (Å²) in [4.78, 5) is 0. The number of hydrogen-bond acceptors (Lipinski definition) is 4. The van der Waals surface area contributed by atoms with Crippen molar-refractivity contribution < 1.29 is 9.47 Å². The number of benzene rings is 1. The van der Waals surface area contributed by atoms with E-state index in [0.717, 1.165) is 25.1 Å². The van der Waals surface area contributed by atoms with Crippen LogP contribution in [-0.4, -0.2) is 32.4 Å². The molecule has 1 N–H and O–H groups in total. The topological polar surface area (TPSA) is 54.3 Å². The molecule has 0 amide bonds. The maximum absolute atomic E-state index is 9.22. The standard InChI is InChI=1S/C16H24N2O2/c1-4-10-18-16(2,12-17)13-20-15-7-5-14(6-8-15)9-11-19-3/h5-8,18H,4,9-11,13H2,1-3H3. The van der Waals surface area contributed by atoms with Crippen LogP contribution in [-0.2, 0) is 11.2 Å². The highest BCUT2D eigenvalue weighted by Crippen LogP contribution is 2.15. The molecule has 0 aliphatic heterocycles. The Kier molecular flexibility index (Phi) is 7.06. The minimum Gasteiger partial charge on any atom is -0.491 e. The van der Waals surface area contributed by atoms with Crippen LogP contribution in [0.5, 0.6) is 5.75 Å². The minimum absolute atomic E-state index is 0.334. The van der Waals surface area contributed by atoms with E-state index in [1.165, 1.54) is 5.56 Å². The quantitative estimate of drug-likeness (QED) is 0.753. The maximum Gasteiger partial charge on any atom is 0.138 e. The maximum atomic E-state index is 9.22. The van der Waals surface area contributed by atoms with Gasteiger partial charge in [0.1, 0.15) is 17.9 Å². The van der Waals surface area contributed by atoms with E-state index in [-0.39, 0.29) is 0 Å². The molecule has 1 aromatic carbocycles. The molecule has 0 heterocycles. The van der Waals surface area contributed by atoms with Gasteiger partial charge in [-0.3, -0.25) is 5.32 Å². The van der Waals surface area contributed by atoms with Crippen LogP contribution in [0.2, 0.25) is 0 Å². The summed E-state index contributed by atoms with van der Waals surface area (Å²) in [5.74, 6) is 0.783. The summed E-state index contributed by atoms with van der Waals surface area (Å²) < 4.78 is 10.7. The summed E-state index contributed by atoms with van der Waals surface area (Å²) in [6, 6.07) is 10.2. The van der Waals surface area contributed by atoms with Crippen molar-refractivity contribution in [3.8, 4) is 11.8 Å². The van der Waals surface area contributed by atoms with Crippen molar-refractivity contribution in [1.29, 1.82) is 5.26 Å². The van der Waals surface area contributed by atoms with Crippen molar-refractivity contribution in [3.63, 3.8) is 0 Å². The fourth-order valence-electron chi connectivity index (χ4n) is 1.72. The second kappa shape index (κ2) is 8.57. The van der Waals surface area contributed by atoms with E-state index in [0.29, 0.717) is 13.2 Å². The first-order valence-corrected chi connectivity index (χ1v) is 7.00. The van der Waals surface area contributed by atoms with E-state index in [2.05, 4.69) is 18.3 Å². The van der Waals surface area contributed by atoms with Gasteiger partial charge in [-0.15, -0.1) is 0 Å². The van der Waals surface area contributed by atoms with Crippen molar-refractivity contribution >= 4 is 0 Å². The SMILES string of the molecule is CCCNC(C)(C#N)COc1ccc(CCOC)cc1. The number of nitriles is 1. The molecule has 0 aliphatic rings. The normalized spacial score (nSPS) is 13.5. The van der Waals surface area contributed by atoms with Gasteiger partial charge in [0, 0.05) is 7.11 Å². The zero-order valence-corrected chi connectivity index (χ0v) is 12.6. The largest absolute Gasteiger partial charge is 0.491 e. The Bertz CT molecular complexity index is 425. The predicted octanol–water partition coefficient (Wildman–Crippen LogP) is 2.54. The highest BCUT2D eigenvalue weighted by Gasteiger charge is 2.23. The number of ether oxygens (including phenoxy) is 2. The molecule has 0 aliphatic carbocycles. The summed E-state index contributed by atoms with van der Waals surface area (Å²) >= 11 is 0. The molecule has 1 rings (SSSR count). The van der Waals surface area contributed by atoms with Gasteiger partial charge >= 0.3 is 0 Å². The van der Waals surface area contributed by atoms with Crippen molar-refractivity contribution in [2.45, 2.75) is 32.2 Å². The highest BCUT2D eigenvalue weighted by atomic mass is 16.5. The molecule has 1 aromatic rings. The van der Waals surface area contributed by atoms with Crippen molar-refractivity contribution in [3.05, 3.63) is 29.8 Å². The lowest BCUT2D eigenvalue weighted by molar-refractivity contribution is 0.202. The average molecular weight is 276 g/mol. The van der Waals surface area contributed by atoms with Gasteiger partial charge in [0.25, 0.3) is 0 Å². The van der Waals surface area contributed by atoms with Crippen LogP contribution in [0.25, 0.3) is 0 Å². The molecule has 0 saturated carbocycles. The van der Waals surface area contributed by atoms with Crippen LogP contribution in [0.3, 0.4) is 0 Å². The van der Waals surface area contributed by atoms with E-state index in [9.17, 15) is 5.26 Å². The molecule has 4 heteroatoms. The number of methoxy groups -OCH3 is 1. The first kappa shape index (κ1) is 16.5. The molecule has 20 heavy (non-hydrogen) atoms. The average Bonchev–Trinajstić information content (AvgIpc) is 2.50. The number of hydrogen-bond donors (Lipinski definition) is 1. The molecule has 0 bridgehead atoms. The molecule has 0 spiro atoms. The minimum atomic E-state index is -0.648. The summed E-state index contributed by atoms with van der Waals surface area (Å²) in [5, 5.41) is 12.4. The van der Waals surface area contributed by atoms with Gasteiger partial charge in [0.15, 0.2) is 0 Å². The van der Waals surface area contributed by atoms with Gasteiger partial charge in [-0.25, -0.2) is 0 Å². The van der Waals surface area contributed by atoms with Gasteiger partial charge in [-0.05, 0) is 44.0 Å². The van der Waals surface area contributed by atoms with Crippen molar-refractivity contribution in [1.82, 2.24) is 5.32 Å². The molecule has 0 fully saturated rings. The second-order valence-corrected chi connectivity index (χ2v) is 5.05. The Labute approximate surface area is 121 Å². The lowest BCUT2D eigenvalue weighted by Crippen LogP contribution is -2.46. The summed E-state index contributed by atoms with van der Waals surface area (Å²) in [7, 11) is 1.70. The predicted molar refractivity (Wildman–Crippen MR) is 79.8 cm³/mol. The van der Waals surface area contributed by atoms with Crippen LogP contribution in [0.4, 0.5) is 0 Å². The lowest BCUT2D eigenvalue weighted by atomic mass is 10.1. The zero-order chi connectivity index (χ0) is 14.8. The monoisotopic (exact) mass is 276 g/mol. The molecule has 4 nitrogen and oxygen atoms in total. The van der Waals surface area contributed by atoms with E-state index in [4.69, 9.17) is 9.47 Å². The summed E-state index contributed by atoms with van der Waals surface area (Å²) in [6.07, 6.45) is 1.89. The van der Waals surface area contributed by atoms with E-state index < -0.39 is 5.54 Å².